The molecule has 0 aliphatic rings. The maximum absolute atomic E-state index is 11.1. The van der Waals surface area contributed by atoms with Crippen molar-refractivity contribution in [1.82, 2.24) is 20.5 Å². The first-order valence-electron chi connectivity index (χ1n) is 4.00. The van der Waals surface area contributed by atoms with E-state index in [0.717, 1.165) is 0 Å². The number of hydrogen-bond acceptors (Lipinski definition) is 3. The van der Waals surface area contributed by atoms with E-state index in [4.69, 9.17) is 11.6 Å². The molecule has 0 saturated carbocycles. The summed E-state index contributed by atoms with van der Waals surface area (Å²) in [5, 5.41) is 8.99. The SMILES string of the molecule is O=C(CCCCl)NCc1ncn[nH]1. The van der Waals surface area contributed by atoms with Crippen molar-refractivity contribution in [3.05, 3.63) is 12.2 Å². The van der Waals surface area contributed by atoms with Crippen LogP contribution in [0, 0.1) is 0 Å². The Morgan fingerprint density at radius 1 is 1.69 bits per heavy atom. The number of carbonyl (C=O) groups excluding carboxylic acids is 1. The molecule has 0 spiro atoms. The number of nitrogens with zero attached hydrogens (tertiary/aromatic N) is 2. The predicted octanol–water partition coefficient (Wildman–Crippen LogP) is 0.440. The zero-order chi connectivity index (χ0) is 9.52. The fourth-order valence-electron chi connectivity index (χ4n) is 0.814. The highest BCUT2D eigenvalue weighted by molar-refractivity contribution is 6.17. The molecule has 0 atom stereocenters. The molecule has 0 saturated heterocycles. The Morgan fingerprint density at radius 2 is 2.54 bits per heavy atom. The molecule has 6 heteroatoms. The summed E-state index contributed by atoms with van der Waals surface area (Å²) in [7, 11) is 0. The Bertz CT molecular complexity index is 249. The van der Waals surface area contributed by atoms with Gasteiger partial charge in [0.2, 0.25) is 5.91 Å². The Kier molecular flexibility index (Phi) is 4.25. The minimum Gasteiger partial charge on any atom is -0.349 e. The summed E-state index contributed by atoms with van der Waals surface area (Å²) in [5.74, 6) is 1.15. The van der Waals surface area contributed by atoms with E-state index in [1.807, 2.05) is 0 Å². The molecular formula is C7H11ClN4O. The van der Waals surface area contributed by atoms with Crippen molar-refractivity contribution in [3.8, 4) is 0 Å². The van der Waals surface area contributed by atoms with Crippen molar-refractivity contribution in [2.45, 2.75) is 19.4 Å². The van der Waals surface area contributed by atoms with Crippen molar-refractivity contribution in [2.75, 3.05) is 5.88 Å². The number of aromatic nitrogens is 3. The van der Waals surface area contributed by atoms with Gasteiger partial charge in [-0.15, -0.1) is 11.6 Å². The number of halogens is 1. The third kappa shape index (κ3) is 3.89. The van der Waals surface area contributed by atoms with Gasteiger partial charge >= 0.3 is 0 Å². The number of hydrogen-bond donors (Lipinski definition) is 2. The Morgan fingerprint density at radius 3 is 3.15 bits per heavy atom. The molecule has 13 heavy (non-hydrogen) atoms. The van der Waals surface area contributed by atoms with Gasteiger partial charge in [-0.3, -0.25) is 9.89 Å². The average molecular weight is 203 g/mol. The molecule has 2 N–H and O–H groups in total. The van der Waals surface area contributed by atoms with Gasteiger partial charge in [0.05, 0.1) is 6.54 Å². The normalized spacial score (nSPS) is 9.92. The fraction of sp³-hybridized carbons (Fsp3) is 0.571. The summed E-state index contributed by atoms with van der Waals surface area (Å²) in [6, 6.07) is 0. The molecule has 0 aliphatic carbocycles. The molecule has 0 radical (unpaired) electrons. The van der Waals surface area contributed by atoms with Crippen LogP contribution in [0.4, 0.5) is 0 Å². The molecule has 1 rings (SSSR count). The zero-order valence-corrected chi connectivity index (χ0v) is 7.84. The first-order chi connectivity index (χ1) is 6.33. The Balaban J connectivity index is 2.15. The van der Waals surface area contributed by atoms with E-state index in [0.29, 0.717) is 31.1 Å². The lowest BCUT2D eigenvalue weighted by molar-refractivity contribution is -0.121. The van der Waals surface area contributed by atoms with E-state index in [2.05, 4.69) is 20.5 Å². The van der Waals surface area contributed by atoms with Crippen molar-refractivity contribution < 1.29 is 4.79 Å². The molecule has 1 heterocycles. The standard InChI is InChI=1S/C7H11ClN4O/c8-3-1-2-7(13)9-4-6-10-5-11-12-6/h5H,1-4H2,(H,9,13)(H,10,11,12). The molecule has 0 bridgehead atoms. The van der Waals surface area contributed by atoms with Crippen LogP contribution in [-0.4, -0.2) is 27.0 Å². The second-order valence-corrected chi connectivity index (χ2v) is 2.88. The predicted molar refractivity (Wildman–Crippen MR) is 48.2 cm³/mol. The second-order valence-electron chi connectivity index (χ2n) is 2.50. The molecule has 0 fully saturated rings. The van der Waals surface area contributed by atoms with Crippen LogP contribution in [0.1, 0.15) is 18.7 Å². The molecule has 5 nitrogen and oxygen atoms in total. The lowest BCUT2D eigenvalue weighted by Crippen LogP contribution is -2.23. The summed E-state index contributed by atoms with van der Waals surface area (Å²) < 4.78 is 0. The third-order valence-electron chi connectivity index (χ3n) is 1.46. The number of nitrogens with one attached hydrogen (secondary N) is 2. The Labute approximate surface area is 80.9 Å². The highest BCUT2D eigenvalue weighted by atomic mass is 35.5. The smallest absolute Gasteiger partial charge is 0.220 e. The van der Waals surface area contributed by atoms with Gasteiger partial charge in [-0.25, -0.2) is 4.98 Å². The van der Waals surface area contributed by atoms with Gasteiger partial charge in [0, 0.05) is 12.3 Å². The van der Waals surface area contributed by atoms with Crippen LogP contribution in [0.15, 0.2) is 6.33 Å². The highest BCUT2D eigenvalue weighted by Crippen LogP contribution is 1.92. The third-order valence-corrected chi connectivity index (χ3v) is 1.72. The number of carbonyl (C=O) groups is 1. The fourth-order valence-corrected chi connectivity index (χ4v) is 0.948. The topological polar surface area (TPSA) is 70.7 Å². The molecule has 0 aliphatic heterocycles. The summed E-state index contributed by atoms with van der Waals surface area (Å²) in [6.07, 6.45) is 2.56. The van der Waals surface area contributed by atoms with E-state index >= 15 is 0 Å². The van der Waals surface area contributed by atoms with Gasteiger partial charge in [-0.1, -0.05) is 0 Å². The number of rotatable bonds is 5. The van der Waals surface area contributed by atoms with Crippen LogP contribution in [0.25, 0.3) is 0 Å². The average Bonchev–Trinajstić information content (AvgIpc) is 2.64. The lowest BCUT2D eigenvalue weighted by Gasteiger charge is -2.00. The molecular weight excluding hydrogens is 192 g/mol. The Hall–Kier alpha value is -1.10. The zero-order valence-electron chi connectivity index (χ0n) is 7.09. The van der Waals surface area contributed by atoms with Crippen molar-refractivity contribution in [3.63, 3.8) is 0 Å². The first-order valence-corrected chi connectivity index (χ1v) is 4.53. The van der Waals surface area contributed by atoms with Crippen molar-refractivity contribution in [1.29, 1.82) is 0 Å². The van der Waals surface area contributed by atoms with Crippen molar-refractivity contribution in [2.24, 2.45) is 0 Å². The highest BCUT2D eigenvalue weighted by Gasteiger charge is 2.01. The van der Waals surface area contributed by atoms with Crippen molar-refractivity contribution >= 4 is 17.5 Å². The van der Waals surface area contributed by atoms with E-state index < -0.39 is 0 Å². The molecule has 1 aromatic rings. The minimum absolute atomic E-state index is 0.0166. The van der Waals surface area contributed by atoms with Crippen LogP contribution < -0.4 is 5.32 Å². The minimum atomic E-state index is -0.0166. The number of amides is 1. The van der Waals surface area contributed by atoms with Gasteiger partial charge in [0.1, 0.15) is 12.2 Å². The summed E-state index contributed by atoms with van der Waals surface area (Å²) >= 11 is 5.44. The summed E-state index contributed by atoms with van der Waals surface area (Å²) in [4.78, 5) is 14.9. The van der Waals surface area contributed by atoms with E-state index in [1.54, 1.807) is 0 Å². The second kappa shape index (κ2) is 5.53. The number of H-pyrrole nitrogens is 1. The van der Waals surface area contributed by atoms with Gasteiger partial charge in [0.15, 0.2) is 0 Å². The van der Waals surface area contributed by atoms with Crippen LogP contribution >= 0.6 is 11.6 Å². The van der Waals surface area contributed by atoms with E-state index in [9.17, 15) is 4.79 Å². The molecule has 72 valence electrons. The van der Waals surface area contributed by atoms with Gasteiger partial charge in [0.25, 0.3) is 0 Å². The monoisotopic (exact) mass is 202 g/mol. The largest absolute Gasteiger partial charge is 0.349 e. The van der Waals surface area contributed by atoms with E-state index in [-0.39, 0.29) is 5.91 Å². The van der Waals surface area contributed by atoms with Gasteiger partial charge in [-0.05, 0) is 6.42 Å². The van der Waals surface area contributed by atoms with Crippen LogP contribution in [0.5, 0.6) is 0 Å². The molecule has 0 aromatic carbocycles. The van der Waals surface area contributed by atoms with Gasteiger partial charge < -0.3 is 5.32 Å². The first kappa shape index (κ1) is 9.98. The number of aromatic amines is 1. The molecule has 1 amide bonds. The number of alkyl halides is 1. The van der Waals surface area contributed by atoms with E-state index in [1.165, 1.54) is 6.33 Å². The molecule has 0 unspecified atom stereocenters. The van der Waals surface area contributed by atoms with Crippen LogP contribution in [0.2, 0.25) is 0 Å². The maximum atomic E-state index is 11.1. The van der Waals surface area contributed by atoms with Crippen LogP contribution in [-0.2, 0) is 11.3 Å². The van der Waals surface area contributed by atoms with Crippen LogP contribution in [0.3, 0.4) is 0 Å². The maximum Gasteiger partial charge on any atom is 0.220 e. The summed E-state index contributed by atoms with van der Waals surface area (Å²) in [5.41, 5.74) is 0. The molecule has 1 aromatic heterocycles. The lowest BCUT2D eigenvalue weighted by atomic mass is 10.3. The summed E-state index contributed by atoms with van der Waals surface area (Å²) in [6.45, 7) is 0.390. The van der Waals surface area contributed by atoms with Gasteiger partial charge in [-0.2, -0.15) is 5.10 Å². The quantitative estimate of drug-likeness (QED) is 0.681.